The van der Waals surface area contributed by atoms with Crippen molar-refractivity contribution in [3.63, 3.8) is 0 Å². The Labute approximate surface area is 160 Å². The molecule has 1 aliphatic heterocycles. The van der Waals surface area contributed by atoms with E-state index in [1.807, 2.05) is 6.07 Å². The third kappa shape index (κ3) is 6.00. The fourth-order valence-electron chi connectivity index (χ4n) is 2.82. The van der Waals surface area contributed by atoms with Crippen LogP contribution in [0.25, 0.3) is 0 Å². The Morgan fingerprint density at radius 3 is 2.91 bits per heavy atom. The first-order valence-electron chi connectivity index (χ1n) is 7.78. The topological polar surface area (TPSA) is 62.9 Å². The lowest BCUT2D eigenvalue weighted by Gasteiger charge is -2.33. The van der Waals surface area contributed by atoms with Crippen LogP contribution in [0.15, 0.2) is 23.2 Å². The van der Waals surface area contributed by atoms with Crippen molar-refractivity contribution in [2.45, 2.75) is 32.2 Å². The number of hydrogen-bond donors (Lipinski definition) is 2. The summed E-state index contributed by atoms with van der Waals surface area (Å²) < 4.78 is 5.13. The second-order valence-electron chi connectivity index (χ2n) is 5.48. The fourth-order valence-corrected chi connectivity index (χ4v) is 3.08. The minimum Gasteiger partial charge on any atom is -0.495 e. The first-order chi connectivity index (χ1) is 10.6. The predicted octanol–water partition coefficient (Wildman–Crippen LogP) is 3.57. The summed E-state index contributed by atoms with van der Waals surface area (Å²) in [7, 11) is 1.59. The Kier molecular flexibility index (Phi) is 9.01. The number of guanidine groups is 1. The quantitative estimate of drug-likeness (QED) is 0.407. The molecule has 1 unspecified atom stereocenters. The number of hydrogen-bond acceptors (Lipinski definition) is 3. The molecule has 0 saturated carbocycles. The van der Waals surface area contributed by atoms with Crippen molar-refractivity contribution in [1.82, 2.24) is 4.90 Å². The molecule has 23 heavy (non-hydrogen) atoms. The van der Waals surface area contributed by atoms with E-state index in [4.69, 9.17) is 22.1 Å². The Hall–Kier alpha value is -0.730. The summed E-state index contributed by atoms with van der Waals surface area (Å²) in [5, 5.41) is 3.62. The lowest BCUT2D eigenvalue weighted by Crippen LogP contribution is -2.41. The van der Waals surface area contributed by atoms with Gasteiger partial charge in [-0.3, -0.25) is 9.89 Å². The van der Waals surface area contributed by atoms with Crippen LogP contribution in [0.4, 0.5) is 5.69 Å². The van der Waals surface area contributed by atoms with Gasteiger partial charge in [0.1, 0.15) is 5.75 Å². The number of piperidine rings is 1. The van der Waals surface area contributed by atoms with Crippen molar-refractivity contribution in [1.29, 1.82) is 0 Å². The Bertz CT molecular complexity index is 527. The number of likely N-dealkylation sites (tertiary alicyclic amines) is 1. The van der Waals surface area contributed by atoms with Crippen LogP contribution in [0.3, 0.4) is 0 Å². The van der Waals surface area contributed by atoms with Gasteiger partial charge in [-0.05, 0) is 44.1 Å². The summed E-state index contributed by atoms with van der Waals surface area (Å²) in [5.41, 5.74) is 6.78. The van der Waals surface area contributed by atoms with Crippen molar-refractivity contribution < 1.29 is 4.74 Å². The maximum absolute atomic E-state index is 6.10. The number of anilines is 1. The van der Waals surface area contributed by atoms with Gasteiger partial charge in [0.2, 0.25) is 0 Å². The van der Waals surface area contributed by atoms with E-state index in [1.54, 1.807) is 19.2 Å². The molecule has 1 heterocycles. The number of nitrogens with one attached hydrogen (secondary N) is 1. The first kappa shape index (κ1) is 20.3. The molecule has 130 valence electrons. The molecule has 0 aliphatic carbocycles. The average Bonchev–Trinajstić information content (AvgIpc) is 2.53. The summed E-state index contributed by atoms with van der Waals surface area (Å²) in [4.78, 5) is 6.96. The molecule has 0 radical (unpaired) electrons. The molecule has 0 spiro atoms. The van der Waals surface area contributed by atoms with E-state index in [-0.39, 0.29) is 24.0 Å². The van der Waals surface area contributed by atoms with Gasteiger partial charge in [0.25, 0.3) is 0 Å². The Morgan fingerprint density at radius 1 is 1.48 bits per heavy atom. The van der Waals surface area contributed by atoms with Crippen LogP contribution < -0.4 is 15.8 Å². The second-order valence-corrected chi connectivity index (χ2v) is 5.89. The third-order valence-electron chi connectivity index (χ3n) is 4.05. The number of nitrogens with zero attached hydrogens (tertiary/aromatic N) is 2. The molecule has 1 aliphatic rings. The van der Waals surface area contributed by atoms with Crippen LogP contribution in [0.1, 0.15) is 26.2 Å². The number of nitrogens with two attached hydrogens (primary N) is 1. The van der Waals surface area contributed by atoms with E-state index >= 15 is 0 Å². The maximum atomic E-state index is 6.10. The zero-order valence-corrected chi connectivity index (χ0v) is 16.8. The van der Waals surface area contributed by atoms with E-state index < -0.39 is 0 Å². The lowest BCUT2D eigenvalue weighted by atomic mass is 10.0. The molecule has 5 nitrogen and oxygen atoms in total. The minimum atomic E-state index is 0. The van der Waals surface area contributed by atoms with Gasteiger partial charge in [-0.25, -0.2) is 0 Å². The van der Waals surface area contributed by atoms with Crippen LogP contribution in [-0.2, 0) is 0 Å². The zero-order chi connectivity index (χ0) is 15.9. The molecule has 0 bridgehead atoms. The van der Waals surface area contributed by atoms with E-state index in [1.165, 1.54) is 19.3 Å². The van der Waals surface area contributed by atoms with E-state index in [9.17, 15) is 0 Å². The standard InChI is InChI=1S/C16H25ClN4O.HI/c1-3-21-9-5-4-6-13(21)11-19-16(18)20-12-7-8-15(22-2)14(17)10-12;/h7-8,10,13H,3-6,9,11H2,1-2H3,(H3,18,19,20);1H. The minimum absolute atomic E-state index is 0. The maximum Gasteiger partial charge on any atom is 0.193 e. The highest BCUT2D eigenvalue weighted by Gasteiger charge is 2.20. The van der Waals surface area contributed by atoms with Gasteiger partial charge >= 0.3 is 0 Å². The van der Waals surface area contributed by atoms with Gasteiger partial charge < -0.3 is 15.8 Å². The van der Waals surface area contributed by atoms with Crippen LogP contribution in [-0.4, -0.2) is 43.6 Å². The molecule has 1 aromatic rings. The summed E-state index contributed by atoms with van der Waals surface area (Å²) in [5.74, 6) is 1.06. The van der Waals surface area contributed by atoms with Gasteiger partial charge in [-0.15, -0.1) is 24.0 Å². The highest BCUT2D eigenvalue weighted by Crippen LogP contribution is 2.27. The normalized spacial score (nSPS) is 19.1. The molecular weight excluding hydrogens is 427 g/mol. The summed E-state index contributed by atoms with van der Waals surface area (Å²) >= 11 is 6.10. The third-order valence-corrected chi connectivity index (χ3v) is 4.35. The molecule has 1 atom stereocenters. The molecule has 3 N–H and O–H groups in total. The van der Waals surface area contributed by atoms with Crippen molar-refractivity contribution in [2.24, 2.45) is 10.7 Å². The van der Waals surface area contributed by atoms with Gasteiger partial charge in [0, 0.05) is 11.7 Å². The number of methoxy groups -OCH3 is 1. The fraction of sp³-hybridized carbons (Fsp3) is 0.562. The van der Waals surface area contributed by atoms with Gasteiger partial charge in [-0.2, -0.15) is 0 Å². The largest absolute Gasteiger partial charge is 0.495 e. The van der Waals surface area contributed by atoms with Crippen LogP contribution >= 0.6 is 35.6 Å². The molecule has 0 amide bonds. The summed E-state index contributed by atoms with van der Waals surface area (Å²) in [6.45, 7) is 5.17. The Morgan fingerprint density at radius 2 is 2.26 bits per heavy atom. The monoisotopic (exact) mass is 452 g/mol. The highest BCUT2D eigenvalue weighted by molar-refractivity contribution is 14.0. The molecule has 1 fully saturated rings. The van der Waals surface area contributed by atoms with Crippen LogP contribution in [0, 0.1) is 0 Å². The van der Waals surface area contributed by atoms with Crippen molar-refractivity contribution in [3.8, 4) is 5.75 Å². The van der Waals surface area contributed by atoms with Crippen LogP contribution in [0.2, 0.25) is 5.02 Å². The van der Waals surface area contributed by atoms with E-state index in [0.717, 1.165) is 25.3 Å². The average molecular weight is 453 g/mol. The SMILES string of the molecule is CCN1CCCCC1CN=C(N)Nc1ccc(OC)c(Cl)c1.I. The number of ether oxygens (including phenoxy) is 1. The van der Waals surface area contributed by atoms with Gasteiger partial charge in [-0.1, -0.05) is 24.9 Å². The number of rotatable bonds is 5. The lowest BCUT2D eigenvalue weighted by molar-refractivity contribution is 0.161. The predicted molar refractivity (Wildman–Crippen MR) is 108 cm³/mol. The van der Waals surface area contributed by atoms with Crippen molar-refractivity contribution in [2.75, 3.05) is 32.1 Å². The number of likely N-dealkylation sites (N-methyl/N-ethyl adjacent to an activating group) is 1. The van der Waals surface area contributed by atoms with Crippen molar-refractivity contribution >= 4 is 47.2 Å². The number of halogens is 2. The number of aliphatic imine (C=N–C) groups is 1. The molecule has 0 aromatic heterocycles. The van der Waals surface area contributed by atoms with E-state index in [0.29, 0.717) is 22.8 Å². The smallest absolute Gasteiger partial charge is 0.193 e. The molecule has 7 heteroatoms. The second kappa shape index (κ2) is 10.2. The summed E-state index contributed by atoms with van der Waals surface area (Å²) in [6.07, 6.45) is 3.75. The molecule has 1 saturated heterocycles. The first-order valence-corrected chi connectivity index (χ1v) is 8.16. The Balaban J connectivity index is 0.00000264. The number of benzene rings is 1. The summed E-state index contributed by atoms with van der Waals surface area (Å²) in [6, 6.07) is 5.95. The zero-order valence-electron chi connectivity index (χ0n) is 13.7. The molecule has 1 aromatic carbocycles. The molecular formula is C16H26ClIN4O. The van der Waals surface area contributed by atoms with Gasteiger partial charge in [0.15, 0.2) is 5.96 Å². The molecule has 2 rings (SSSR count). The van der Waals surface area contributed by atoms with Crippen molar-refractivity contribution in [3.05, 3.63) is 23.2 Å². The van der Waals surface area contributed by atoms with E-state index in [2.05, 4.69) is 22.1 Å². The van der Waals surface area contributed by atoms with Crippen LogP contribution in [0.5, 0.6) is 5.75 Å². The highest BCUT2D eigenvalue weighted by atomic mass is 127. The van der Waals surface area contributed by atoms with Gasteiger partial charge in [0.05, 0.1) is 18.7 Å².